The summed E-state index contributed by atoms with van der Waals surface area (Å²) in [5.41, 5.74) is 6.30. The summed E-state index contributed by atoms with van der Waals surface area (Å²) in [5.74, 6) is 5.12. The van der Waals surface area contributed by atoms with Gasteiger partial charge in [0.2, 0.25) is 11.9 Å². The zero-order valence-corrected chi connectivity index (χ0v) is 43.7. The normalized spacial score (nSPS) is 22.8. The highest BCUT2D eigenvalue weighted by Crippen LogP contribution is 2.40. The van der Waals surface area contributed by atoms with Crippen molar-refractivity contribution in [2.45, 2.75) is 84.3 Å². The Labute approximate surface area is 434 Å². The predicted molar refractivity (Wildman–Crippen MR) is 292 cm³/mol. The third-order valence-electron chi connectivity index (χ3n) is 16.3. The van der Waals surface area contributed by atoms with Crippen LogP contribution in [0.1, 0.15) is 86.7 Å². The van der Waals surface area contributed by atoms with Gasteiger partial charge in [-0.15, -0.1) is 0 Å². The van der Waals surface area contributed by atoms with Gasteiger partial charge in [-0.1, -0.05) is 71.7 Å². The van der Waals surface area contributed by atoms with Crippen LogP contribution in [0.5, 0.6) is 0 Å². The largest absolute Gasteiger partial charge is 0.481 e. The van der Waals surface area contributed by atoms with E-state index in [9.17, 15) is 15.0 Å². The molecule has 4 saturated heterocycles. The Morgan fingerprint density at radius 1 is 0.653 bits per heavy atom. The van der Waals surface area contributed by atoms with Crippen molar-refractivity contribution in [2.75, 3.05) is 85.9 Å². The Hall–Kier alpha value is -5.31. The van der Waals surface area contributed by atoms with Crippen LogP contribution in [0.4, 0.5) is 23.5 Å². The number of halogens is 2. The van der Waals surface area contributed by atoms with Crippen LogP contribution in [0.15, 0.2) is 84.9 Å². The number of β-amino-alcohol motifs (C(OH)–C–C–N with tert-alkyl or cyclic N) is 1. The van der Waals surface area contributed by atoms with E-state index in [0.717, 1.165) is 149 Å². The molecule has 6 aromatic rings. The summed E-state index contributed by atoms with van der Waals surface area (Å²) in [4.78, 5) is 40.6. The van der Waals surface area contributed by atoms with E-state index in [1.165, 1.54) is 25.7 Å². The minimum absolute atomic E-state index is 0.00107. The van der Waals surface area contributed by atoms with Crippen molar-refractivity contribution in [1.29, 1.82) is 0 Å². The lowest BCUT2D eigenvalue weighted by molar-refractivity contribution is -0.147. The van der Waals surface area contributed by atoms with E-state index >= 15 is 0 Å². The van der Waals surface area contributed by atoms with Crippen LogP contribution in [0.25, 0.3) is 21.8 Å². The lowest BCUT2D eigenvalue weighted by atomic mass is 9.76. The Bertz CT molecular complexity index is 2870. The number of hydrogen-bond acceptors (Lipinski definition) is 12. The SMILES string of the molecule is Cc1ccc(C(C)Nc2nc(N3CC(C4CCCN(C5CC(C(=O)O)C5)C4)C3)nc3ccccc23)c(Cl)c1.Cc1ccc(C(C)Nc2nc(N3CC(C4CCCN(CCO)C4)C3)nc3ccccc23)c(Cl)c1. The average Bonchev–Trinajstić information content (AvgIpc) is 3.31. The molecule has 1 saturated carbocycles. The smallest absolute Gasteiger partial charge is 0.306 e. The van der Waals surface area contributed by atoms with Gasteiger partial charge >= 0.3 is 5.97 Å². The van der Waals surface area contributed by atoms with Crippen LogP contribution < -0.4 is 20.4 Å². The number of rotatable bonds is 14. The van der Waals surface area contributed by atoms with Crippen LogP contribution >= 0.6 is 23.2 Å². The standard InChI is InChI=1S/C30H36ClN5O2.C27H34ClN5O/c1-18-9-10-24(26(31)12-18)19(2)32-28-25-7-3-4-8-27(25)33-30(34-28)36-16-22(17-36)20-6-5-11-35(15-20)23-13-21(14-23)29(37)38;1-18-9-10-22(24(28)14-18)19(2)29-26-23-7-3-4-8-25(23)30-27(31-26)33-16-21(17-33)20-6-5-11-32(15-20)12-13-34/h3-4,7-10,12,19-23H,5-6,11,13-17H2,1-2H3,(H,37,38)(H,32,33,34);3-4,7-10,14,19-21,34H,5-6,11-13,15-17H2,1-2H3,(H,29,30,31). The molecule has 72 heavy (non-hydrogen) atoms. The van der Waals surface area contributed by atoms with E-state index in [1.807, 2.05) is 43.3 Å². The van der Waals surface area contributed by atoms with Crippen molar-refractivity contribution in [1.82, 2.24) is 29.7 Å². The summed E-state index contributed by atoms with van der Waals surface area (Å²) in [6, 6.07) is 29.2. The first-order valence-corrected chi connectivity index (χ1v) is 27.0. The number of nitrogens with one attached hydrogen (secondary N) is 2. The molecule has 4 unspecified atom stereocenters. The summed E-state index contributed by atoms with van der Waals surface area (Å²) < 4.78 is 0. The van der Waals surface area contributed by atoms with Crippen molar-refractivity contribution in [3.8, 4) is 0 Å². The molecule has 4 aliphatic heterocycles. The van der Waals surface area contributed by atoms with Gasteiger partial charge in [0.05, 0.1) is 35.6 Å². The number of carboxylic acids is 1. The quantitative estimate of drug-likeness (QED) is 0.0822. The second-order valence-corrected chi connectivity index (χ2v) is 22.2. The van der Waals surface area contributed by atoms with Gasteiger partial charge in [0.25, 0.3) is 0 Å². The van der Waals surface area contributed by atoms with E-state index in [0.29, 0.717) is 29.7 Å². The number of likely N-dealkylation sites (tertiary alicyclic amines) is 2. The molecule has 0 bridgehead atoms. The van der Waals surface area contributed by atoms with Gasteiger partial charge in [-0.25, -0.2) is 9.97 Å². The van der Waals surface area contributed by atoms with Crippen LogP contribution in [-0.4, -0.2) is 117 Å². The molecule has 6 heterocycles. The Morgan fingerprint density at radius 2 is 1.14 bits per heavy atom. The zero-order valence-electron chi connectivity index (χ0n) is 42.2. The van der Waals surface area contributed by atoms with E-state index in [-0.39, 0.29) is 24.6 Å². The number of aliphatic hydroxyl groups excluding tert-OH is 1. The fourth-order valence-corrected chi connectivity index (χ4v) is 12.6. The molecule has 4 aromatic carbocycles. The van der Waals surface area contributed by atoms with Crippen molar-refractivity contribution in [3.05, 3.63) is 117 Å². The molecule has 5 aliphatic rings. The molecule has 11 rings (SSSR count). The van der Waals surface area contributed by atoms with Gasteiger partial charge in [-0.2, -0.15) is 9.97 Å². The number of aliphatic carboxylic acids is 1. The third kappa shape index (κ3) is 11.1. The van der Waals surface area contributed by atoms with Crippen LogP contribution in [0, 0.1) is 43.4 Å². The molecule has 0 radical (unpaired) electrons. The molecule has 13 nitrogen and oxygen atoms in total. The fourth-order valence-electron chi connectivity index (χ4n) is 11.8. The van der Waals surface area contributed by atoms with Crippen molar-refractivity contribution in [3.63, 3.8) is 0 Å². The molecule has 0 spiro atoms. The predicted octanol–water partition coefficient (Wildman–Crippen LogP) is 10.7. The number of fused-ring (bicyclic) bond motifs is 2. The van der Waals surface area contributed by atoms with Crippen LogP contribution in [0.3, 0.4) is 0 Å². The number of hydrogen-bond donors (Lipinski definition) is 4. The minimum Gasteiger partial charge on any atom is -0.481 e. The molecule has 0 amide bonds. The van der Waals surface area contributed by atoms with Gasteiger partial charge in [0.15, 0.2) is 0 Å². The molecule has 4 N–H and O–H groups in total. The lowest BCUT2D eigenvalue weighted by Gasteiger charge is -2.50. The van der Waals surface area contributed by atoms with Gasteiger partial charge in [-0.05, 0) is 162 Å². The number of para-hydroxylation sites is 2. The lowest BCUT2D eigenvalue weighted by Crippen LogP contribution is -2.56. The third-order valence-corrected chi connectivity index (χ3v) is 16.9. The first kappa shape index (κ1) is 50.2. The maximum atomic E-state index is 11.2. The molecule has 1 aliphatic carbocycles. The molecule has 15 heteroatoms. The average molecular weight is 1010 g/mol. The highest BCUT2D eigenvalue weighted by molar-refractivity contribution is 6.31. The number of anilines is 4. The van der Waals surface area contributed by atoms with Gasteiger partial charge in [0.1, 0.15) is 11.6 Å². The monoisotopic (exact) mass is 1010 g/mol. The van der Waals surface area contributed by atoms with Gasteiger partial charge < -0.3 is 40.4 Å². The topological polar surface area (TPSA) is 146 Å². The number of benzene rings is 4. The van der Waals surface area contributed by atoms with Crippen molar-refractivity contribution < 1.29 is 15.0 Å². The summed E-state index contributed by atoms with van der Waals surface area (Å²) in [5, 5.41) is 29.3. The Kier molecular flexibility index (Phi) is 15.4. The number of nitrogens with zero attached hydrogens (tertiary/aromatic N) is 8. The molecular weight excluding hydrogens is 944 g/mol. The first-order chi connectivity index (χ1) is 34.9. The zero-order chi connectivity index (χ0) is 50.0. The molecule has 5 fully saturated rings. The highest BCUT2D eigenvalue weighted by atomic mass is 35.5. The number of aryl methyl sites for hydroxylation is 2. The van der Waals surface area contributed by atoms with Crippen LogP contribution in [0.2, 0.25) is 10.0 Å². The maximum Gasteiger partial charge on any atom is 0.306 e. The van der Waals surface area contributed by atoms with Gasteiger partial charge in [-0.3, -0.25) is 4.79 Å². The molecule has 4 atom stereocenters. The van der Waals surface area contributed by atoms with Crippen LogP contribution in [-0.2, 0) is 4.79 Å². The Morgan fingerprint density at radius 3 is 1.62 bits per heavy atom. The second kappa shape index (κ2) is 22.0. The Balaban J connectivity index is 0.000000167. The summed E-state index contributed by atoms with van der Waals surface area (Å²) in [6.07, 6.45) is 6.58. The first-order valence-electron chi connectivity index (χ1n) is 26.3. The number of carbonyl (C=O) groups is 1. The summed E-state index contributed by atoms with van der Waals surface area (Å²) >= 11 is 13.1. The summed E-state index contributed by atoms with van der Waals surface area (Å²) in [6.45, 7) is 17.7. The maximum absolute atomic E-state index is 11.2. The number of piperidine rings is 2. The van der Waals surface area contributed by atoms with E-state index in [1.54, 1.807) is 0 Å². The van der Waals surface area contributed by atoms with E-state index in [4.69, 9.17) is 43.1 Å². The second-order valence-electron chi connectivity index (χ2n) is 21.4. The molecular formula is C57H70Cl2N10O3. The molecule has 380 valence electrons. The van der Waals surface area contributed by atoms with Gasteiger partial charge in [0, 0.05) is 72.7 Å². The number of aliphatic hydroxyl groups is 1. The fraction of sp³-hybridized carbons (Fsp3) is 0.491. The van der Waals surface area contributed by atoms with Crippen molar-refractivity contribution >= 4 is 74.5 Å². The number of aromatic nitrogens is 4. The number of carboxylic acid groups (broad SMARTS) is 1. The summed E-state index contributed by atoms with van der Waals surface area (Å²) in [7, 11) is 0. The van der Waals surface area contributed by atoms with E-state index in [2.05, 4.69) is 99.5 Å². The minimum atomic E-state index is -0.634. The molecule has 2 aromatic heterocycles. The van der Waals surface area contributed by atoms with Crippen molar-refractivity contribution in [2.24, 2.45) is 29.6 Å². The highest BCUT2D eigenvalue weighted by Gasteiger charge is 2.43. The van der Waals surface area contributed by atoms with E-state index < -0.39 is 5.97 Å².